The van der Waals surface area contributed by atoms with E-state index in [4.69, 9.17) is 28.4 Å². The maximum Gasteiger partial charge on any atom is 0.119 e. The van der Waals surface area contributed by atoms with Gasteiger partial charge in [0.05, 0.1) is 59.5 Å². The van der Waals surface area contributed by atoms with Crippen molar-refractivity contribution < 1.29 is 28.4 Å². The molecule has 95 heavy (non-hydrogen) atoms. The molecule has 0 unspecified atom stereocenters. The van der Waals surface area contributed by atoms with Crippen molar-refractivity contribution in [2.75, 3.05) is 62.3 Å². The van der Waals surface area contributed by atoms with Crippen molar-refractivity contribution in [1.82, 2.24) is 4.57 Å². The van der Waals surface area contributed by atoms with Crippen LogP contribution in [0.4, 0.5) is 62.6 Å². The number of para-hydroxylation sites is 1. The molecular weight excluding hydrogens is 1170 g/mol. The third-order valence-corrected chi connectivity index (χ3v) is 17.3. The lowest BCUT2D eigenvalue weighted by molar-refractivity contribution is 0.293. The normalized spacial score (nSPS) is 11.5. The van der Waals surface area contributed by atoms with Crippen LogP contribution in [0.2, 0.25) is 0 Å². The van der Waals surface area contributed by atoms with E-state index >= 15 is 0 Å². The lowest BCUT2D eigenvalue weighted by atomic mass is 10.0. The number of hydrogen-bond acceptors (Lipinski definition) is 10. The topological polar surface area (TPSA) is 73.3 Å². The number of allylic oxidation sites excluding steroid dienone is 4. The molecule has 0 bridgehead atoms. The molecule has 0 radical (unpaired) electrons. The van der Waals surface area contributed by atoms with E-state index in [-0.39, 0.29) is 0 Å². The van der Waals surface area contributed by atoms with Crippen molar-refractivity contribution in [2.45, 2.75) is 13.8 Å². The third kappa shape index (κ3) is 13.0. The average molecular weight is 1250 g/mol. The van der Waals surface area contributed by atoms with Crippen molar-refractivity contribution >= 4 is 84.4 Å². The monoisotopic (exact) mass is 1250 g/mol. The van der Waals surface area contributed by atoms with Gasteiger partial charge in [0.15, 0.2) is 0 Å². The minimum absolute atomic E-state index is 0.781. The molecule has 0 aliphatic carbocycles. The van der Waals surface area contributed by atoms with Gasteiger partial charge in [0.25, 0.3) is 0 Å². The van der Waals surface area contributed by atoms with Gasteiger partial charge in [-0.25, -0.2) is 0 Å². The number of methoxy groups -OCH3 is 6. The summed E-state index contributed by atoms with van der Waals surface area (Å²) < 4.78 is 35.8. The number of ether oxygens (including phenoxy) is 6. The first-order valence-electron chi connectivity index (χ1n) is 31.5. The van der Waals surface area contributed by atoms with E-state index in [1.54, 1.807) is 42.7 Å². The van der Waals surface area contributed by atoms with Crippen molar-refractivity contribution in [3.05, 3.63) is 309 Å². The second kappa shape index (κ2) is 27.8. The highest BCUT2D eigenvalue weighted by Gasteiger charge is 2.22. The average Bonchev–Trinajstić information content (AvgIpc) is 1.59. The van der Waals surface area contributed by atoms with Gasteiger partial charge < -0.3 is 52.6 Å². The first kappa shape index (κ1) is 61.8. The van der Waals surface area contributed by atoms with Crippen LogP contribution in [0, 0.1) is 0 Å². The third-order valence-electron chi connectivity index (χ3n) is 17.3. The molecule has 0 fully saturated rings. The summed E-state index contributed by atoms with van der Waals surface area (Å²) in [5, 5.41) is 2.20. The Hall–Kier alpha value is -12.1. The zero-order chi connectivity index (χ0) is 65.4. The molecular formula is C84H73N5O6. The molecule has 0 saturated carbocycles. The van der Waals surface area contributed by atoms with Gasteiger partial charge >= 0.3 is 0 Å². The Morgan fingerprint density at radius 2 is 0.547 bits per heavy atom. The predicted octanol–water partition coefficient (Wildman–Crippen LogP) is 22.2. The Morgan fingerprint density at radius 1 is 0.284 bits per heavy atom. The van der Waals surface area contributed by atoms with E-state index in [1.807, 2.05) is 73.7 Å². The summed E-state index contributed by atoms with van der Waals surface area (Å²) in [7, 11) is 10.1. The molecule has 13 aromatic rings. The van der Waals surface area contributed by atoms with Gasteiger partial charge in [-0.15, -0.1) is 0 Å². The quantitative estimate of drug-likeness (QED) is 0.0484. The maximum absolute atomic E-state index is 5.69. The van der Waals surface area contributed by atoms with Gasteiger partial charge in [-0.05, 0) is 267 Å². The molecule has 0 aliphatic rings. The van der Waals surface area contributed by atoms with Crippen LogP contribution >= 0.6 is 0 Å². The standard InChI is InChI=1S/C84H73N5O6/c1-58(14-15-59(2)90-3)85(66-32-44-76(91-4)45-33-66)65-24-16-60(17-25-65)62-20-28-68(29-21-62)87(72-38-50-79(94-7)51-39-72)74-42-54-83-81(56-74)82-57-75(43-55-84(82)89(83)64-12-10-9-11-13-64)88(73-40-52-80(95-8)53-41-73)69-30-22-63(23-31-69)61-18-26-67(27-19-61)86(70-34-46-77(92-5)47-35-70)71-36-48-78(93-6)49-37-71/h9-57H,1-8H3/b58-14+,59-15+. The zero-order valence-corrected chi connectivity index (χ0v) is 54.5. The van der Waals surface area contributed by atoms with E-state index in [0.717, 1.165) is 153 Å². The first-order chi connectivity index (χ1) is 46.6. The first-order valence-corrected chi connectivity index (χ1v) is 31.5. The Labute approximate surface area is 556 Å². The van der Waals surface area contributed by atoms with Crippen LogP contribution in [0.25, 0.3) is 49.7 Å². The van der Waals surface area contributed by atoms with Crippen molar-refractivity contribution in [3.63, 3.8) is 0 Å². The molecule has 1 aromatic heterocycles. The van der Waals surface area contributed by atoms with Crippen LogP contribution in [0.3, 0.4) is 0 Å². The molecule has 13 rings (SSSR count). The van der Waals surface area contributed by atoms with Crippen LogP contribution in [0.5, 0.6) is 28.7 Å². The molecule has 12 aromatic carbocycles. The molecule has 0 N–H and O–H groups in total. The number of fused-ring (bicyclic) bond motifs is 3. The van der Waals surface area contributed by atoms with Gasteiger partial charge in [-0.1, -0.05) is 66.7 Å². The summed E-state index contributed by atoms with van der Waals surface area (Å²) in [6.07, 6.45) is 4.06. The molecule has 0 saturated heterocycles. The number of anilines is 11. The summed E-state index contributed by atoms with van der Waals surface area (Å²) in [5.74, 6) is 4.78. The van der Waals surface area contributed by atoms with Gasteiger partial charge in [0, 0.05) is 84.7 Å². The van der Waals surface area contributed by atoms with Crippen molar-refractivity contribution in [2.24, 2.45) is 0 Å². The van der Waals surface area contributed by atoms with Crippen molar-refractivity contribution in [1.29, 1.82) is 0 Å². The summed E-state index contributed by atoms with van der Waals surface area (Å²) in [6.45, 7) is 4.05. The largest absolute Gasteiger partial charge is 0.501 e. The number of hydrogen-bond donors (Lipinski definition) is 0. The summed E-state index contributed by atoms with van der Waals surface area (Å²) >= 11 is 0. The van der Waals surface area contributed by atoms with Crippen LogP contribution in [-0.2, 0) is 4.74 Å². The van der Waals surface area contributed by atoms with Gasteiger partial charge in [0.2, 0.25) is 0 Å². The molecule has 0 atom stereocenters. The molecule has 0 spiro atoms. The molecule has 0 amide bonds. The molecule has 470 valence electrons. The fourth-order valence-corrected chi connectivity index (χ4v) is 12.3. The van der Waals surface area contributed by atoms with E-state index in [1.165, 1.54) is 0 Å². The molecule has 11 heteroatoms. The highest BCUT2D eigenvalue weighted by molar-refractivity contribution is 6.12. The minimum atomic E-state index is 0.781. The number of aromatic nitrogens is 1. The Kier molecular flexibility index (Phi) is 18.1. The number of benzene rings is 12. The second-order valence-electron chi connectivity index (χ2n) is 22.9. The highest BCUT2D eigenvalue weighted by atomic mass is 16.5. The van der Waals surface area contributed by atoms with E-state index in [2.05, 4.69) is 262 Å². The summed E-state index contributed by atoms with van der Waals surface area (Å²) in [4.78, 5) is 9.10. The fourth-order valence-electron chi connectivity index (χ4n) is 12.3. The Morgan fingerprint density at radius 3 is 0.842 bits per heavy atom. The maximum atomic E-state index is 5.69. The van der Waals surface area contributed by atoms with Crippen LogP contribution in [-0.4, -0.2) is 47.2 Å². The zero-order valence-electron chi connectivity index (χ0n) is 54.5. The van der Waals surface area contributed by atoms with E-state index in [9.17, 15) is 0 Å². The Balaban J connectivity index is 0.867. The predicted molar refractivity (Wildman–Crippen MR) is 392 cm³/mol. The highest BCUT2D eigenvalue weighted by Crippen LogP contribution is 2.45. The SMILES string of the molecule is CO/C(C)=C/C=C(\C)N(c1ccc(OC)cc1)c1ccc(-c2ccc(N(c3ccc(OC)cc3)c3ccc4c(c3)c3cc(N(c5ccc(OC)cc5)c5ccc(-c6ccc(N(c7ccc(OC)cc7)c7ccc(OC)cc7)cc6)cc5)ccc3n4-c3ccccc3)cc2)cc1. The lowest BCUT2D eigenvalue weighted by Crippen LogP contribution is -2.14. The number of nitrogens with zero attached hydrogens (tertiary/aromatic N) is 5. The molecule has 1 heterocycles. The number of rotatable bonds is 22. The summed E-state index contributed by atoms with van der Waals surface area (Å²) in [5.41, 5.74) is 19.7. The van der Waals surface area contributed by atoms with E-state index in [0.29, 0.717) is 0 Å². The molecule has 11 nitrogen and oxygen atoms in total. The van der Waals surface area contributed by atoms with Crippen LogP contribution in [0.1, 0.15) is 13.8 Å². The van der Waals surface area contributed by atoms with Crippen LogP contribution < -0.4 is 43.3 Å². The lowest BCUT2D eigenvalue weighted by Gasteiger charge is -2.27. The second-order valence-corrected chi connectivity index (χ2v) is 22.9. The van der Waals surface area contributed by atoms with Gasteiger partial charge in [0.1, 0.15) is 28.7 Å². The molecule has 0 aliphatic heterocycles. The van der Waals surface area contributed by atoms with Crippen LogP contribution in [0.15, 0.2) is 309 Å². The smallest absolute Gasteiger partial charge is 0.119 e. The Bertz CT molecular complexity index is 4760. The minimum Gasteiger partial charge on any atom is -0.501 e. The fraction of sp³-hybridized carbons (Fsp3) is 0.0952. The van der Waals surface area contributed by atoms with E-state index < -0.39 is 0 Å². The summed E-state index contributed by atoms with van der Waals surface area (Å²) in [6, 6.07) is 100. The van der Waals surface area contributed by atoms with Crippen molar-refractivity contribution in [3.8, 4) is 56.7 Å². The van der Waals surface area contributed by atoms with Gasteiger partial charge in [-0.2, -0.15) is 0 Å². The van der Waals surface area contributed by atoms with Gasteiger partial charge in [-0.3, -0.25) is 0 Å².